The van der Waals surface area contributed by atoms with Crippen LogP contribution in [-0.2, 0) is 19.3 Å². The molecule has 2 aliphatic heterocycles. The summed E-state index contributed by atoms with van der Waals surface area (Å²) >= 11 is 0. The van der Waals surface area contributed by atoms with Gasteiger partial charge in [0.2, 0.25) is 10.0 Å². The van der Waals surface area contributed by atoms with E-state index >= 15 is 0 Å². The van der Waals surface area contributed by atoms with Crippen LogP contribution in [0.5, 0.6) is 5.75 Å². The van der Waals surface area contributed by atoms with Crippen molar-refractivity contribution in [3.05, 3.63) is 48.5 Å². The maximum atomic E-state index is 13.2. The van der Waals surface area contributed by atoms with Crippen LogP contribution in [0.25, 0.3) is 0 Å². The first-order chi connectivity index (χ1) is 16.7. The number of halogens is 3. The van der Waals surface area contributed by atoms with E-state index in [9.17, 15) is 21.6 Å². The molecule has 0 unspecified atom stereocenters. The number of piperidine rings is 1. The van der Waals surface area contributed by atoms with Crippen molar-refractivity contribution in [3.8, 4) is 5.75 Å². The second-order valence-corrected chi connectivity index (χ2v) is 12.0. The van der Waals surface area contributed by atoms with E-state index in [4.69, 9.17) is 9.31 Å². The van der Waals surface area contributed by atoms with E-state index < -0.39 is 34.7 Å². The van der Waals surface area contributed by atoms with Crippen molar-refractivity contribution >= 4 is 28.3 Å². The Kier molecular flexibility index (Phi) is 7.10. The van der Waals surface area contributed by atoms with Gasteiger partial charge in [0.05, 0.1) is 16.1 Å². The Bertz CT molecular complexity index is 1150. The molecule has 36 heavy (non-hydrogen) atoms. The minimum atomic E-state index is -4.74. The third-order valence-corrected chi connectivity index (χ3v) is 8.87. The number of rotatable bonds is 6. The van der Waals surface area contributed by atoms with Crippen LogP contribution >= 0.6 is 0 Å². The molecular formula is C24H30BF3N2O5S. The van der Waals surface area contributed by atoms with Gasteiger partial charge < -0.3 is 19.4 Å². The Labute approximate surface area is 210 Å². The fourth-order valence-electron chi connectivity index (χ4n) is 4.15. The minimum absolute atomic E-state index is 0.00316. The van der Waals surface area contributed by atoms with Crippen LogP contribution in [0.15, 0.2) is 53.4 Å². The van der Waals surface area contributed by atoms with Crippen LogP contribution in [0.1, 0.15) is 40.5 Å². The van der Waals surface area contributed by atoms with E-state index in [0.717, 1.165) is 5.46 Å². The molecule has 0 saturated carbocycles. The first-order valence-electron chi connectivity index (χ1n) is 11.7. The van der Waals surface area contributed by atoms with Gasteiger partial charge in [-0.2, -0.15) is 4.31 Å². The molecule has 0 spiro atoms. The number of alkyl halides is 3. The molecular weight excluding hydrogens is 496 g/mol. The van der Waals surface area contributed by atoms with Gasteiger partial charge in [-0.15, -0.1) is 13.2 Å². The number of hydrogen-bond donors (Lipinski definition) is 1. The highest BCUT2D eigenvalue weighted by atomic mass is 32.2. The minimum Gasteiger partial charge on any atom is -0.406 e. The first kappa shape index (κ1) is 26.8. The Morgan fingerprint density at radius 3 is 1.97 bits per heavy atom. The summed E-state index contributed by atoms with van der Waals surface area (Å²) in [7, 11) is -4.23. The molecule has 2 heterocycles. The Morgan fingerprint density at radius 2 is 1.47 bits per heavy atom. The lowest BCUT2D eigenvalue weighted by molar-refractivity contribution is -0.274. The van der Waals surface area contributed by atoms with Crippen molar-refractivity contribution in [2.24, 2.45) is 0 Å². The smallest absolute Gasteiger partial charge is 0.406 e. The number of benzene rings is 2. The van der Waals surface area contributed by atoms with E-state index in [1.54, 1.807) is 24.3 Å². The van der Waals surface area contributed by atoms with Gasteiger partial charge in [-0.05, 0) is 82.4 Å². The molecule has 2 fully saturated rings. The molecule has 4 rings (SSSR count). The fraction of sp³-hybridized carbons (Fsp3) is 0.500. The van der Waals surface area contributed by atoms with Crippen LogP contribution in [0, 0.1) is 0 Å². The highest BCUT2D eigenvalue weighted by Gasteiger charge is 2.51. The lowest BCUT2D eigenvalue weighted by Gasteiger charge is -2.32. The van der Waals surface area contributed by atoms with E-state index in [2.05, 4.69) is 10.1 Å². The molecule has 0 amide bonds. The van der Waals surface area contributed by atoms with Crippen molar-refractivity contribution in [2.75, 3.05) is 18.4 Å². The van der Waals surface area contributed by atoms with Crippen LogP contribution in [-0.4, -0.2) is 56.5 Å². The fourth-order valence-corrected chi connectivity index (χ4v) is 5.62. The molecule has 1 N–H and O–H groups in total. The van der Waals surface area contributed by atoms with Crippen molar-refractivity contribution in [1.29, 1.82) is 0 Å². The highest BCUT2D eigenvalue weighted by Crippen LogP contribution is 2.36. The average molecular weight is 526 g/mol. The lowest BCUT2D eigenvalue weighted by Crippen LogP contribution is -2.42. The molecule has 12 heteroatoms. The van der Waals surface area contributed by atoms with Gasteiger partial charge in [0.1, 0.15) is 5.75 Å². The van der Waals surface area contributed by atoms with Gasteiger partial charge in [-0.1, -0.05) is 12.1 Å². The van der Waals surface area contributed by atoms with E-state index in [-0.39, 0.29) is 16.7 Å². The highest BCUT2D eigenvalue weighted by molar-refractivity contribution is 7.89. The molecule has 0 bridgehead atoms. The topological polar surface area (TPSA) is 77.1 Å². The third kappa shape index (κ3) is 5.82. The van der Waals surface area contributed by atoms with Crippen molar-refractivity contribution < 1.29 is 35.6 Å². The monoisotopic (exact) mass is 526 g/mol. The summed E-state index contributed by atoms with van der Waals surface area (Å²) in [5, 5.41) is 3.25. The van der Waals surface area contributed by atoms with Crippen LogP contribution in [0.4, 0.5) is 18.9 Å². The summed E-state index contributed by atoms with van der Waals surface area (Å²) in [5.74, 6) is -0.293. The normalized spacial score (nSPS) is 20.9. The predicted molar refractivity (Wildman–Crippen MR) is 131 cm³/mol. The summed E-state index contributed by atoms with van der Waals surface area (Å²) in [6.07, 6.45) is -3.61. The van der Waals surface area contributed by atoms with Crippen molar-refractivity contribution in [2.45, 2.75) is 69.0 Å². The molecule has 0 atom stereocenters. The Hall–Kier alpha value is -2.28. The van der Waals surface area contributed by atoms with Gasteiger partial charge >= 0.3 is 13.5 Å². The van der Waals surface area contributed by atoms with Crippen LogP contribution in [0.2, 0.25) is 0 Å². The molecule has 2 aromatic rings. The average Bonchev–Trinajstić information content (AvgIpc) is 3.01. The zero-order valence-electron chi connectivity index (χ0n) is 20.6. The zero-order valence-corrected chi connectivity index (χ0v) is 21.4. The van der Waals surface area contributed by atoms with Crippen LogP contribution in [0.3, 0.4) is 0 Å². The van der Waals surface area contributed by atoms with Gasteiger partial charge in [-0.25, -0.2) is 8.42 Å². The standard InChI is InChI=1S/C24H30BF3N2O5S/c1-22(2)23(3,4)35-25(34-22)17-5-11-21(12-6-17)36(31,32)30-15-13-19(14-16-30)29-18-7-9-20(10-8-18)33-24(26,27)28/h5-12,19,29H,13-16H2,1-4H3. The largest absolute Gasteiger partial charge is 0.573 e. The number of ether oxygens (including phenoxy) is 1. The summed E-state index contributed by atoms with van der Waals surface area (Å²) in [6, 6.07) is 12.1. The number of nitrogens with zero attached hydrogens (tertiary/aromatic N) is 1. The first-order valence-corrected chi connectivity index (χ1v) is 13.2. The summed E-state index contributed by atoms with van der Waals surface area (Å²) in [4.78, 5) is 0.203. The molecule has 0 aromatic heterocycles. The van der Waals surface area contributed by atoms with Crippen molar-refractivity contribution in [1.82, 2.24) is 4.31 Å². The zero-order chi connectivity index (χ0) is 26.4. The number of nitrogens with one attached hydrogen (secondary N) is 1. The predicted octanol–water partition coefficient (Wildman–Crippen LogP) is 4.15. The summed E-state index contributed by atoms with van der Waals surface area (Å²) < 4.78 is 80.7. The van der Waals surface area contributed by atoms with Crippen molar-refractivity contribution in [3.63, 3.8) is 0 Å². The maximum absolute atomic E-state index is 13.2. The SMILES string of the molecule is CC1(C)OB(c2ccc(S(=O)(=O)N3CCC(Nc4ccc(OC(F)(F)F)cc4)CC3)cc2)OC1(C)C. The molecule has 7 nitrogen and oxygen atoms in total. The molecule has 196 valence electrons. The molecule has 2 aromatic carbocycles. The number of sulfonamides is 1. The van der Waals surface area contributed by atoms with Gasteiger partial charge in [0.15, 0.2) is 0 Å². The van der Waals surface area contributed by atoms with Gasteiger partial charge in [0.25, 0.3) is 0 Å². The molecule has 2 aliphatic rings. The molecule has 0 radical (unpaired) electrons. The van der Waals surface area contributed by atoms with E-state index in [0.29, 0.717) is 31.6 Å². The molecule has 2 saturated heterocycles. The van der Waals surface area contributed by atoms with Crippen LogP contribution < -0.4 is 15.5 Å². The summed E-state index contributed by atoms with van der Waals surface area (Å²) in [6.45, 7) is 8.50. The Morgan fingerprint density at radius 1 is 0.944 bits per heavy atom. The second kappa shape index (κ2) is 9.55. The Balaban J connectivity index is 1.33. The number of hydrogen-bond acceptors (Lipinski definition) is 6. The third-order valence-electron chi connectivity index (χ3n) is 6.96. The summed E-state index contributed by atoms with van der Waals surface area (Å²) in [5.41, 5.74) is 0.422. The van der Waals surface area contributed by atoms with Gasteiger partial charge in [0, 0.05) is 24.8 Å². The second-order valence-electron chi connectivity index (χ2n) is 10.1. The lowest BCUT2D eigenvalue weighted by atomic mass is 9.79. The van der Waals surface area contributed by atoms with E-state index in [1.165, 1.54) is 28.6 Å². The van der Waals surface area contributed by atoms with E-state index in [1.807, 2.05) is 27.7 Å². The quantitative estimate of drug-likeness (QED) is 0.571. The number of anilines is 1. The maximum Gasteiger partial charge on any atom is 0.573 e. The molecule has 0 aliphatic carbocycles. The van der Waals surface area contributed by atoms with Gasteiger partial charge in [-0.3, -0.25) is 0 Å².